The molecule has 0 spiro atoms. The van der Waals surface area contributed by atoms with Crippen molar-refractivity contribution in [1.29, 1.82) is 0 Å². The molecule has 0 saturated heterocycles. The maximum atomic E-state index is 8.64. The van der Waals surface area contributed by atoms with E-state index in [-0.39, 0.29) is 12.0 Å². The van der Waals surface area contributed by atoms with Gasteiger partial charge in [-0.2, -0.15) is 0 Å². The summed E-state index contributed by atoms with van der Waals surface area (Å²) >= 11 is 0. The van der Waals surface area contributed by atoms with Gasteiger partial charge in [-0.1, -0.05) is 27.7 Å². The van der Waals surface area contributed by atoms with Crippen molar-refractivity contribution in [2.75, 3.05) is 6.61 Å². The highest BCUT2D eigenvalue weighted by molar-refractivity contribution is 4.74. The van der Waals surface area contributed by atoms with Gasteiger partial charge in [0, 0.05) is 0 Å². The summed E-state index contributed by atoms with van der Waals surface area (Å²) in [6.07, 6.45) is 0.637. The Balaban J connectivity index is 4.37. The molecule has 110 valence electrons. The zero-order valence-corrected chi connectivity index (χ0v) is 11.3. The van der Waals surface area contributed by atoms with Crippen molar-refractivity contribution in [3.63, 3.8) is 0 Å². The van der Waals surface area contributed by atoms with Crippen LogP contribution in [0.25, 0.3) is 0 Å². The van der Waals surface area contributed by atoms with Crippen LogP contribution in [0.1, 0.15) is 40.5 Å². The summed E-state index contributed by atoms with van der Waals surface area (Å²) in [5.74, 6) is 0.480. The molecule has 0 amide bonds. The van der Waals surface area contributed by atoms with E-state index in [0.717, 1.165) is 6.42 Å². The second-order valence-corrected chi connectivity index (χ2v) is 5.49. The smallest absolute Gasteiger partial charge is 0.110 e. The molecular formula is C10H24N2O6. The van der Waals surface area contributed by atoms with Crippen LogP contribution in [0.15, 0.2) is 0 Å². The minimum atomic E-state index is -0.726. The van der Waals surface area contributed by atoms with E-state index in [4.69, 9.17) is 20.8 Å². The largest absolute Gasteiger partial charge is 0.266 e. The first-order chi connectivity index (χ1) is 8.12. The fourth-order valence-corrected chi connectivity index (χ4v) is 2.21. The van der Waals surface area contributed by atoms with E-state index in [2.05, 4.69) is 23.5 Å². The third-order valence-electron chi connectivity index (χ3n) is 2.36. The molecule has 1 atom stereocenters. The minimum absolute atomic E-state index is 0.117. The zero-order chi connectivity index (χ0) is 14.3. The van der Waals surface area contributed by atoms with Gasteiger partial charge in [-0.25, -0.2) is 9.68 Å². The number of hydrogen-bond acceptors (Lipinski definition) is 8. The van der Waals surface area contributed by atoms with Gasteiger partial charge in [0.2, 0.25) is 0 Å². The van der Waals surface area contributed by atoms with Crippen LogP contribution in [0.5, 0.6) is 0 Å². The molecule has 0 aromatic heterocycles. The van der Waals surface area contributed by atoms with Crippen LogP contribution in [-0.4, -0.2) is 44.3 Å². The van der Waals surface area contributed by atoms with Crippen molar-refractivity contribution < 1.29 is 30.5 Å². The monoisotopic (exact) mass is 268 g/mol. The number of nitrogens with zero attached hydrogens (tertiary/aromatic N) is 2. The van der Waals surface area contributed by atoms with E-state index >= 15 is 0 Å². The normalized spacial score (nSPS) is 14.8. The summed E-state index contributed by atoms with van der Waals surface area (Å²) in [7, 11) is 0. The van der Waals surface area contributed by atoms with Gasteiger partial charge in [-0.05, 0) is 24.2 Å². The summed E-state index contributed by atoms with van der Waals surface area (Å²) < 4.78 is 0. The van der Waals surface area contributed by atoms with E-state index in [1.165, 1.54) is 0 Å². The van der Waals surface area contributed by atoms with Gasteiger partial charge in [0.05, 0.1) is 10.8 Å². The molecule has 0 bridgehead atoms. The molecule has 18 heavy (non-hydrogen) atoms. The average Bonchev–Trinajstić information content (AvgIpc) is 2.10. The Hall–Kier alpha value is -0.320. The van der Waals surface area contributed by atoms with E-state index in [0.29, 0.717) is 12.3 Å². The van der Waals surface area contributed by atoms with E-state index in [1.54, 1.807) is 0 Å². The summed E-state index contributed by atoms with van der Waals surface area (Å²) in [5, 5.41) is 33.3. The van der Waals surface area contributed by atoms with Gasteiger partial charge in [-0.3, -0.25) is 20.8 Å². The summed E-state index contributed by atoms with van der Waals surface area (Å²) in [4.78, 5) is 9.11. The van der Waals surface area contributed by atoms with Crippen LogP contribution >= 0.6 is 0 Å². The van der Waals surface area contributed by atoms with Crippen LogP contribution < -0.4 is 0 Å². The first-order valence-corrected chi connectivity index (χ1v) is 5.78. The molecule has 0 saturated carbocycles. The second-order valence-electron chi connectivity index (χ2n) is 5.49. The lowest BCUT2D eigenvalue weighted by atomic mass is 9.79. The molecule has 4 N–H and O–H groups in total. The summed E-state index contributed by atoms with van der Waals surface area (Å²) in [6, 6.07) is 0. The molecule has 0 rings (SSSR count). The Labute approximate surface area is 107 Å². The molecule has 0 fully saturated rings. The van der Waals surface area contributed by atoms with E-state index in [9.17, 15) is 0 Å². The van der Waals surface area contributed by atoms with Crippen molar-refractivity contribution >= 4 is 0 Å². The molecule has 8 heteroatoms. The third-order valence-corrected chi connectivity index (χ3v) is 2.36. The van der Waals surface area contributed by atoms with Crippen LogP contribution in [0.2, 0.25) is 0 Å². The van der Waals surface area contributed by atoms with E-state index in [1.807, 2.05) is 13.8 Å². The fourth-order valence-electron chi connectivity index (χ4n) is 2.21. The number of rotatable bonds is 9. The second kappa shape index (κ2) is 7.97. The highest BCUT2D eigenvalue weighted by Crippen LogP contribution is 2.31. The highest BCUT2D eigenvalue weighted by atomic mass is 17.1. The van der Waals surface area contributed by atoms with Crippen LogP contribution in [0.3, 0.4) is 0 Å². The van der Waals surface area contributed by atoms with Crippen molar-refractivity contribution in [2.24, 2.45) is 11.3 Å². The third kappa shape index (κ3) is 9.68. The van der Waals surface area contributed by atoms with Crippen molar-refractivity contribution in [3.05, 3.63) is 0 Å². The predicted octanol–water partition coefficient (Wildman–Crippen LogP) is 1.84. The predicted molar refractivity (Wildman–Crippen MR) is 59.5 cm³/mol. The maximum absolute atomic E-state index is 8.64. The number of hydrogen-bond donors (Lipinski definition) is 4. The van der Waals surface area contributed by atoms with Crippen LogP contribution in [-0.2, 0) is 9.68 Å². The van der Waals surface area contributed by atoms with Gasteiger partial charge < -0.3 is 0 Å². The summed E-state index contributed by atoms with van der Waals surface area (Å²) in [5.41, 5.74) is -0.117. The Morgan fingerprint density at radius 2 is 1.56 bits per heavy atom. The molecule has 8 nitrogen and oxygen atoms in total. The Bertz CT molecular complexity index is 222. The van der Waals surface area contributed by atoms with Gasteiger partial charge in [0.1, 0.15) is 12.7 Å². The van der Waals surface area contributed by atoms with Crippen molar-refractivity contribution in [2.45, 2.75) is 46.6 Å². The summed E-state index contributed by atoms with van der Waals surface area (Å²) in [6.45, 7) is 7.96. The molecular weight excluding hydrogens is 244 g/mol. The van der Waals surface area contributed by atoms with Gasteiger partial charge in [0.25, 0.3) is 0 Å². The van der Waals surface area contributed by atoms with Gasteiger partial charge in [0.15, 0.2) is 0 Å². The lowest BCUT2D eigenvalue weighted by molar-refractivity contribution is -0.528. The molecule has 0 aromatic carbocycles. The Kier molecular flexibility index (Phi) is 7.83. The molecule has 0 radical (unpaired) electrons. The minimum Gasteiger partial charge on any atom is -0.266 e. The van der Waals surface area contributed by atoms with Crippen LogP contribution in [0.4, 0.5) is 0 Å². The molecule has 0 aliphatic rings. The van der Waals surface area contributed by atoms with Crippen molar-refractivity contribution in [3.8, 4) is 0 Å². The van der Waals surface area contributed by atoms with Gasteiger partial charge >= 0.3 is 0 Å². The molecule has 0 aromatic rings. The van der Waals surface area contributed by atoms with Gasteiger partial charge in [-0.15, -0.1) is 0 Å². The first-order valence-electron chi connectivity index (χ1n) is 5.78. The molecule has 0 aliphatic heterocycles. The van der Waals surface area contributed by atoms with Crippen molar-refractivity contribution in [1.82, 2.24) is 10.8 Å². The molecule has 0 heterocycles. The maximum Gasteiger partial charge on any atom is 0.110 e. The Morgan fingerprint density at radius 1 is 1.00 bits per heavy atom. The van der Waals surface area contributed by atoms with E-state index < -0.39 is 16.9 Å². The highest BCUT2D eigenvalue weighted by Gasteiger charge is 2.27. The molecule has 0 aliphatic carbocycles. The topological polar surface area (TPSA) is 106 Å². The zero-order valence-electron chi connectivity index (χ0n) is 11.3. The van der Waals surface area contributed by atoms with Crippen LogP contribution in [0, 0.1) is 11.3 Å². The lowest BCUT2D eigenvalue weighted by Gasteiger charge is -2.31. The SMILES string of the molecule is CC(C)CC(C)(C)C[C@H](CON(O)O)ON(O)O. The standard InChI is InChI=1S/C10H24N2O6/c1-8(2)5-10(3,4)6-9(18-12(15)16)7-17-11(13)14/h8-9,13-16H,5-7H2,1-4H3/t9-/m1/s1. The average molecular weight is 268 g/mol. The Morgan fingerprint density at radius 3 is 1.94 bits per heavy atom. The molecule has 0 unspecified atom stereocenters. The lowest BCUT2D eigenvalue weighted by Crippen LogP contribution is -2.34. The fraction of sp³-hybridized carbons (Fsp3) is 1.00. The quantitative estimate of drug-likeness (QED) is 0.469. The first kappa shape index (κ1) is 17.7.